The molecule has 0 spiro atoms. The number of hydrogen-bond acceptors (Lipinski definition) is 4. The molecule has 0 saturated heterocycles. The fraction of sp³-hybridized carbons (Fsp3) is 0.913. The number of ether oxygens (including phenoxy) is 2. The van der Waals surface area contributed by atoms with E-state index in [1.165, 1.54) is 0 Å². The lowest BCUT2D eigenvalue weighted by atomic mass is 9.80. The second-order valence-electron chi connectivity index (χ2n) is 9.23. The van der Waals surface area contributed by atoms with E-state index in [0.717, 1.165) is 57.8 Å². The number of hydrogen-bond donors (Lipinski definition) is 1. The van der Waals surface area contributed by atoms with Crippen molar-refractivity contribution in [2.45, 2.75) is 116 Å². The Morgan fingerprint density at radius 2 is 1.50 bits per heavy atom. The molecule has 2 fully saturated rings. The smallest absolute Gasteiger partial charge is 0.220 e. The summed E-state index contributed by atoms with van der Waals surface area (Å²) in [6.45, 7) is 8.78. The molecule has 2 aliphatic rings. The minimum atomic E-state index is 0.119. The molecule has 0 bridgehead atoms. The van der Waals surface area contributed by atoms with Gasteiger partial charge in [0.15, 0.2) is 0 Å². The van der Waals surface area contributed by atoms with Crippen molar-refractivity contribution in [1.29, 1.82) is 0 Å². The number of Topliss-reactive ketones (excluding diaryl/α,β-unsaturated/α-hetero) is 1. The summed E-state index contributed by atoms with van der Waals surface area (Å²) in [6, 6.07) is 0.237. The van der Waals surface area contributed by atoms with Crippen LogP contribution >= 0.6 is 0 Å². The molecular weight excluding hydrogens is 354 g/mol. The van der Waals surface area contributed by atoms with Gasteiger partial charge in [0, 0.05) is 30.9 Å². The summed E-state index contributed by atoms with van der Waals surface area (Å²) < 4.78 is 11.8. The molecule has 2 saturated carbocycles. The first-order chi connectivity index (χ1) is 13.3. The van der Waals surface area contributed by atoms with Crippen LogP contribution in [-0.2, 0) is 19.1 Å². The Labute approximate surface area is 171 Å². The van der Waals surface area contributed by atoms with E-state index in [1.54, 1.807) is 0 Å². The fourth-order valence-electron chi connectivity index (χ4n) is 4.50. The average molecular weight is 396 g/mol. The SMILES string of the molecule is CC(C)O[C@H]1CC[C@@H](OCCCC(=O)N[C@H]2CC[C@@H](C(=O)C(C)C)CC2)CC1. The molecule has 0 aliphatic heterocycles. The Hall–Kier alpha value is -0.940. The summed E-state index contributed by atoms with van der Waals surface area (Å²) in [7, 11) is 0. The summed E-state index contributed by atoms with van der Waals surface area (Å²) in [6.07, 6.45) is 10.2. The summed E-state index contributed by atoms with van der Waals surface area (Å²) >= 11 is 0. The highest BCUT2D eigenvalue weighted by Gasteiger charge is 2.28. The monoisotopic (exact) mass is 395 g/mol. The van der Waals surface area contributed by atoms with Crippen molar-refractivity contribution in [1.82, 2.24) is 5.32 Å². The Kier molecular flexibility index (Phi) is 9.93. The van der Waals surface area contributed by atoms with Crippen molar-refractivity contribution in [2.75, 3.05) is 6.61 Å². The molecule has 0 aromatic rings. The molecule has 0 atom stereocenters. The first kappa shape index (κ1) is 23.3. The zero-order valence-electron chi connectivity index (χ0n) is 18.4. The maximum absolute atomic E-state index is 12.2. The number of carbonyl (C=O) groups excluding carboxylic acids is 2. The van der Waals surface area contributed by atoms with Crippen molar-refractivity contribution in [2.24, 2.45) is 11.8 Å². The maximum atomic E-state index is 12.2. The van der Waals surface area contributed by atoms with Crippen molar-refractivity contribution in [3.05, 3.63) is 0 Å². The van der Waals surface area contributed by atoms with Gasteiger partial charge in [-0.3, -0.25) is 9.59 Å². The van der Waals surface area contributed by atoms with Gasteiger partial charge in [0.1, 0.15) is 5.78 Å². The van der Waals surface area contributed by atoms with E-state index in [9.17, 15) is 9.59 Å². The van der Waals surface area contributed by atoms with Crippen LogP contribution < -0.4 is 5.32 Å². The van der Waals surface area contributed by atoms with E-state index in [2.05, 4.69) is 19.2 Å². The molecule has 5 heteroatoms. The quantitative estimate of drug-likeness (QED) is 0.556. The number of ketones is 1. The molecule has 1 N–H and O–H groups in total. The molecule has 0 aromatic heterocycles. The first-order valence-electron chi connectivity index (χ1n) is 11.4. The van der Waals surface area contributed by atoms with Crippen LogP contribution in [0.4, 0.5) is 0 Å². The minimum Gasteiger partial charge on any atom is -0.378 e. The highest BCUT2D eigenvalue weighted by atomic mass is 16.5. The van der Waals surface area contributed by atoms with Crippen LogP contribution in [0.1, 0.15) is 91.9 Å². The van der Waals surface area contributed by atoms with Crippen molar-refractivity contribution in [3.63, 3.8) is 0 Å². The number of nitrogens with one attached hydrogen (secondary N) is 1. The molecular formula is C23H41NO4. The molecule has 1 amide bonds. The van der Waals surface area contributed by atoms with Crippen LogP contribution in [0, 0.1) is 11.8 Å². The van der Waals surface area contributed by atoms with Gasteiger partial charge in [0.25, 0.3) is 0 Å². The second-order valence-corrected chi connectivity index (χ2v) is 9.23. The molecule has 2 aliphatic carbocycles. The standard InChI is InChI=1S/C23H41NO4/c1-16(2)23(26)18-7-9-19(10-8-18)24-22(25)6-5-15-27-20-11-13-21(14-12-20)28-17(3)4/h16-21H,5-15H2,1-4H3,(H,24,25)/t18-,19+,20-,21+. The Balaban J connectivity index is 1.51. The zero-order chi connectivity index (χ0) is 20.5. The predicted molar refractivity (Wildman–Crippen MR) is 111 cm³/mol. The molecule has 2 rings (SSSR count). The minimum absolute atomic E-state index is 0.119. The van der Waals surface area contributed by atoms with E-state index in [0.29, 0.717) is 37.1 Å². The van der Waals surface area contributed by atoms with E-state index in [1.807, 2.05) is 13.8 Å². The predicted octanol–water partition coefficient (Wildman–Crippen LogP) is 4.42. The van der Waals surface area contributed by atoms with Crippen molar-refractivity contribution < 1.29 is 19.1 Å². The van der Waals surface area contributed by atoms with E-state index in [-0.39, 0.29) is 23.8 Å². The summed E-state index contributed by atoms with van der Waals surface area (Å²) in [4.78, 5) is 24.3. The first-order valence-corrected chi connectivity index (χ1v) is 11.4. The molecule has 0 heterocycles. The van der Waals surface area contributed by atoms with Crippen molar-refractivity contribution in [3.8, 4) is 0 Å². The van der Waals surface area contributed by atoms with Gasteiger partial charge < -0.3 is 14.8 Å². The van der Waals surface area contributed by atoms with E-state index in [4.69, 9.17) is 9.47 Å². The third kappa shape index (κ3) is 8.20. The van der Waals surface area contributed by atoms with Crippen molar-refractivity contribution >= 4 is 11.7 Å². The Bertz CT molecular complexity index is 475. The second kappa shape index (κ2) is 11.9. The van der Waals surface area contributed by atoms with E-state index >= 15 is 0 Å². The molecule has 28 heavy (non-hydrogen) atoms. The average Bonchev–Trinajstić information content (AvgIpc) is 2.66. The Morgan fingerprint density at radius 1 is 0.893 bits per heavy atom. The van der Waals surface area contributed by atoms with Gasteiger partial charge in [0.05, 0.1) is 18.3 Å². The lowest BCUT2D eigenvalue weighted by Gasteiger charge is -2.30. The van der Waals surface area contributed by atoms with Gasteiger partial charge in [0.2, 0.25) is 5.91 Å². The molecule has 0 aromatic carbocycles. The third-order valence-corrected chi connectivity index (χ3v) is 6.05. The lowest BCUT2D eigenvalue weighted by Crippen LogP contribution is -2.39. The molecule has 0 unspecified atom stereocenters. The Morgan fingerprint density at radius 3 is 2.07 bits per heavy atom. The molecule has 0 radical (unpaired) electrons. The van der Waals surface area contributed by atoms with E-state index < -0.39 is 0 Å². The molecule has 162 valence electrons. The van der Waals surface area contributed by atoms with Crippen LogP contribution in [0.15, 0.2) is 0 Å². The molecule has 5 nitrogen and oxygen atoms in total. The third-order valence-electron chi connectivity index (χ3n) is 6.05. The highest BCUT2D eigenvalue weighted by Crippen LogP contribution is 2.27. The van der Waals surface area contributed by atoms with Crippen LogP contribution in [0.5, 0.6) is 0 Å². The summed E-state index contributed by atoms with van der Waals surface area (Å²) in [5.41, 5.74) is 0. The topological polar surface area (TPSA) is 64.6 Å². The van der Waals surface area contributed by atoms with Crippen LogP contribution in [0.25, 0.3) is 0 Å². The van der Waals surface area contributed by atoms with Crippen LogP contribution in [0.3, 0.4) is 0 Å². The lowest BCUT2D eigenvalue weighted by molar-refractivity contribution is -0.127. The summed E-state index contributed by atoms with van der Waals surface area (Å²) in [5, 5.41) is 3.15. The summed E-state index contributed by atoms with van der Waals surface area (Å²) in [5.74, 6) is 0.819. The zero-order valence-corrected chi connectivity index (χ0v) is 18.4. The van der Waals surface area contributed by atoms with Gasteiger partial charge in [-0.15, -0.1) is 0 Å². The van der Waals surface area contributed by atoms with Gasteiger partial charge in [-0.05, 0) is 71.6 Å². The normalized spacial score (nSPS) is 28.5. The number of amides is 1. The largest absolute Gasteiger partial charge is 0.378 e. The van der Waals surface area contributed by atoms with Gasteiger partial charge >= 0.3 is 0 Å². The van der Waals surface area contributed by atoms with Gasteiger partial charge in [-0.1, -0.05) is 13.8 Å². The maximum Gasteiger partial charge on any atom is 0.220 e. The van der Waals surface area contributed by atoms with Crippen LogP contribution in [0.2, 0.25) is 0 Å². The number of carbonyl (C=O) groups is 2. The fourth-order valence-corrected chi connectivity index (χ4v) is 4.50. The van der Waals surface area contributed by atoms with Crippen LogP contribution in [-0.4, -0.2) is 42.7 Å². The van der Waals surface area contributed by atoms with Gasteiger partial charge in [-0.2, -0.15) is 0 Å². The van der Waals surface area contributed by atoms with Gasteiger partial charge in [-0.25, -0.2) is 0 Å². The highest BCUT2D eigenvalue weighted by molar-refractivity contribution is 5.83. The number of rotatable bonds is 10.